The number of aromatic nitrogens is 2. The predicted molar refractivity (Wildman–Crippen MR) is 126 cm³/mol. The molecule has 3 rings (SSSR count). The minimum Gasteiger partial charge on any atom is -0.439 e. The van der Waals surface area contributed by atoms with Crippen LogP contribution >= 0.6 is 0 Å². The lowest BCUT2D eigenvalue weighted by Gasteiger charge is -2.27. The number of benzene rings is 2. The summed E-state index contributed by atoms with van der Waals surface area (Å²) in [6, 6.07) is 16.0. The van der Waals surface area contributed by atoms with E-state index in [9.17, 15) is 21.6 Å². The van der Waals surface area contributed by atoms with Gasteiger partial charge in [-0.15, -0.1) is 0 Å². The Morgan fingerprint density at radius 3 is 2.38 bits per heavy atom. The summed E-state index contributed by atoms with van der Waals surface area (Å²) in [7, 11) is -4.59. The smallest absolute Gasteiger partial charge is 0.404 e. The van der Waals surface area contributed by atoms with E-state index in [0.29, 0.717) is 35.0 Å². The summed E-state index contributed by atoms with van der Waals surface area (Å²) in [5.41, 5.74) is 1.42. The number of rotatable bonds is 9. The number of hydrogen-bond acceptors (Lipinski definition) is 4. The van der Waals surface area contributed by atoms with E-state index in [4.69, 9.17) is 4.74 Å². The normalized spacial score (nSPS) is 12.5. The van der Waals surface area contributed by atoms with Crippen LogP contribution in [-0.2, 0) is 22.1 Å². The van der Waals surface area contributed by atoms with Crippen LogP contribution in [0.2, 0.25) is 0 Å². The van der Waals surface area contributed by atoms with Crippen LogP contribution < -0.4 is 9.46 Å². The molecule has 1 aromatic heterocycles. The second kappa shape index (κ2) is 9.63. The highest BCUT2D eigenvalue weighted by molar-refractivity contribution is 7.89. The van der Waals surface area contributed by atoms with Gasteiger partial charge < -0.3 is 4.74 Å². The van der Waals surface area contributed by atoms with Crippen LogP contribution in [-0.4, -0.2) is 30.1 Å². The van der Waals surface area contributed by atoms with E-state index in [-0.39, 0.29) is 0 Å². The maximum Gasteiger partial charge on any atom is 0.404 e. The molecule has 0 unspecified atom stereocenters. The van der Waals surface area contributed by atoms with Crippen molar-refractivity contribution in [1.82, 2.24) is 14.5 Å². The molecule has 0 amide bonds. The average molecular weight is 494 g/mol. The third kappa shape index (κ3) is 6.48. The first kappa shape index (κ1) is 25.5. The van der Waals surface area contributed by atoms with Gasteiger partial charge in [-0.2, -0.15) is 18.3 Å². The van der Waals surface area contributed by atoms with E-state index in [0.717, 1.165) is 5.56 Å². The second-order valence-electron chi connectivity index (χ2n) is 8.24. The molecule has 0 radical (unpaired) electrons. The first-order chi connectivity index (χ1) is 15.8. The lowest BCUT2D eigenvalue weighted by atomic mass is 9.93. The van der Waals surface area contributed by atoms with Gasteiger partial charge in [0.2, 0.25) is 15.9 Å². The average Bonchev–Trinajstić information content (AvgIpc) is 3.14. The summed E-state index contributed by atoms with van der Waals surface area (Å²) in [5, 5.41) is 4.56. The molecule has 0 aliphatic heterocycles. The minimum atomic E-state index is -4.83. The fourth-order valence-corrected chi connectivity index (χ4v) is 4.81. The molecule has 0 saturated heterocycles. The zero-order chi connectivity index (χ0) is 25.1. The largest absolute Gasteiger partial charge is 0.439 e. The fourth-order valence-electron chi connectivity index (χ4n) is 3.41. The number of alkyl halides is 3. The molecule has 1 heterocycles. The number of aryl methyl sites for hydroxylation is 1. The summed E-state index contributed by atoms with van der Waals surface area (Å²) < 4.78 is 71.8. The van der Waals surface area contributed by atoms with Crippen LogP contribution in [0.1, 0.15) is 31.9 Å². The van der Waals surface area contributed by atoms with E-state index in [2.05, 4.69) is 16.4 Å². The third-order valence-electron chi connectivity index (χ3n) is 5.03. The molecule has 2 aromatic carbocycles. The van der Waals surface area contributed by atoms with Crippen molar-refractivity contribution in [2.75, 3.05) is 5.75 Å². The van der Waals surface area contributed by atoms with Crippen molar-refractivity contribution in [2.24, 2.45) is 0 Å². The summed E-state index contributed by atoms with van der Waals surface area (Å²) in [6.45, 7) is 9.20. The van der Waals surface area contributed by atoms with Crippen molar-refractivity contribution in [3.05, 3.63) is 72.3 Å². The SMILES string of the molecule is C=Cc1ccc(Oc2cc(-c3cccc(C(C)(C)NS(=O)(=O)CC(F)(F)F)c3)nn2CC)cc1. The molecule has 0 bridgehead atoms. The Kier molecular flexibility index (Phi) is 7.23. The van der Waals surface area contributed by atoms with Gasteiger partial charge in [0.15, 0.2) is 5.75 Å². The van der Waals surface area contributed by atoms with Crippen molar-refractivity contribution in [3.63, 3.8) is 0 Å². The third-order valence-corrected chi connectivity index (χ3v) is 6.55. The van der Waals surface area contributed by atoms with Crippen LogP contribution in [0, 0.1) is 0 Å². The van der Waals surface area contributed by atoms with Crippen LogP contribution in [0.15, 0.2) is 61.2 Å². The summed E-state index contributed by atoms with van der Waals surface area (Å²) >= 11 is 0. The summed E-state index contributed by atoms with van der Waals surface area (Å²) in [6.07, 6.45) is -3.10. The van der Waals surface area contributed by atoms with Gasteiger partial charge in [-0.25, -0.2) is 17.8 Å². The molecule has 1 N–H and O–H groups in total. The van der Waals surface area contributed by atoms with Gasteiger partial charge in [-0.1, -0.05) is 43.0 Å². The summed E-state index contributed by atoms with van der Waals surface area (Å²) in [5.74, 6) is -0.807. The van der Waals surface area contributed by atoms with Crippen molar-refractivity contribution in [3.8, 4) is 22.9 Å². The number of nitrogens with zero attached hydrogens (tertiary/aromatic N) is 2. The van der Waals surface area contributed by atoms with Crippen molar-refractivity contribution in [2.45, 2.75) is 39.0 Å². The maximum atomic E-state index is 12.6. The molecule has 182 valence electrons. The number of hydrogen-bond donors (Lipinski definition) is 1. The van der Waals surface area contributed by atoms with Gasteiger partial charge in [0.25, 0.3) is 0 Å². The number of ether oxygens (including phenoxy) is 1. The Morgan fingerprint density at radius 1 is 1.12 bits per heavy atom. The molecule has 0 spiro atoms. The Bertz CT molecular complexity index is 1260. The molecule has 3 aromatic rings. The predicted octanol–water partition coefficient (Wildman–Crippen LogP) is 5.72. The van der Waals surface area contributed by atoms with Crippen LogP contribution in [0.3, 0.4) is 0 Å². The van der Waals surface area contributed by atoms with E-state index in [1.165, 1.54) is 13.8 Å². The zero-order valence-electron chi connectivity index (χ0n) is 19.1. The molecule has 0 aliphatic rings. The van der Waals surface area contributed by atoms with Gasteiger partial charge >= 0.3 is 6.18 Å². The topological polar surface area (TPSA) is 73.2 Å². The quantitative estimate of drug-likeness (QED) is 0.414. The van der Waals surface area contributed by atoms with E-state index < -0.39 is 27.5 Å². The van der Waals surface area contributed by atoms with Crippen LogP contribution in [0.4, 0.5) is 13.2 Å². The van der Waals surface area contributed by atoms with Crippen molar-refractivity contribution >= 4 is 16.1 Å². The molecular formula is C24H26F3N3O3S. The molecule has 0 atom stereocenters. The van der Waals surface area contributed by atoms with Crippen LogP contribution in [0.25, 0.3) is 17.3 Å². The number of halogens is 3. The highest BCUT2D eigenvalue weighted by atomic mass is 32.2. The van der Waals surface area contributed by atoms with E-state index in [1.54, 1.807) is 41.1 Å². The highest BCUT2D eigenvalue weighted by Gasteiger charge is 2.38. The molecule has 10 heteroatoms. The molecular weight excluding hydrogens is 467 g/mol. The molecule has 0 fully saturated rings. The van der Waals surface area contributed by atoms with E-state index in [1.807, 2.05) is 31.2 Å². The van der Waals surface area contributed by atoms with Crippen molar-refractivity contribution in [1.29, 1.82) is 0 Å². The van der Waals surface area contributed by atoms with Gasteiger partial charge in [0.05, 0.1) is 11.2 Å². The highest BCUT2D eigenvalue weighted by Crippen LogP contribution is 2.31. The number of nitrogens with one attached hydrogen (secondary N) is 1. The Hall–Kier alpha value is -3.11. The van der Waals surface area contributed by atoms with E-state index >= 15 is 0 Å². The molecule has 0 saturated carbocycles. The first-order valence-corrected chi connectivity index (χ1v) is 12.1. The zero-order valence-corrected chi connectivity index (χ0v) is 19.9. The summed E-state index contributed by atoms with van der Waals surface area (Å²) in [4.78, 5) is 0. The Balaban J connectivity index is 1.88. The second-order valence-corrected chi connectivity index (χ2v) is 9.96. The maximum absolute atomic E-state index is 12.6. The molecule has 34 heavy (non-hydrogen) atoms. The van der Waals surface area contributed by atoms with Crippen molar-refractivity contribution < 1.29 is 26.3 Å². The van der Waals surface area contributed by atoms with Crippen LogP contribution in [0.5, 0.6) is 11.6 Å². The Morgan fingerprint density at radius 2 is 1.79 bits per heavy atom. The van der Waals surface area contributed by atoms with Gasteiger partial charge in [0.1, 0.15) is 5.75 Å². The monoisotopic (exact) mass is 493 g/mol. The number of sulfonamides is 1. The molecule has 0 aliphatic carbocycles. The molecule has 6 nitrogen and oxygen atoms in total. The van der Waals surface area contributed by atoms with Gasteiger partial charge in [-0.3, -0.25) is 0 Å². The first-order valence-electron chi connectivity index (χ1n) is 10.5. The lowest BCUT2D eigenvalue weighted by molar-refractivity contribution is -0.106. The fraction of sp³-hybridized carbons (Fsp3) is 0.292. The standard InChI is InChI=1S/C24H26F3N3O3S/c1-5-17-10-12-20(13-11-17)33-22-15-21(28-30(22)6-2)18-8-7-9-19(14-18)23(3,4)29-34(31,32)16-24(25,26)27/h5,7-15,29H,1,6,16H2,2-4H3. The Labute approximate surface area is 197 Å². The van der Waals surface area contributed by atoms with Gasteiger partial charge in [-0.05, 0) is 50.1 Å². The van der Waals surface area contributed by atoms with Gasteiger partial charge in [0, 0.05) is 18.2 Å². The lowest BCUT2D eigenvalue weighted by Crippen LogP contribution is -2.44. The minimum absolute atomic E-state index is 0.490.